The molecule has 2 aliphatic carbocycles. The van der Waals surface area contributed by atoms with Crippen molar-refractivity contribution in [3.05, 3.63) is 540 Å². The van der Waals surface area contributed by atoms with E-state index in [-0.39, 0.29) is 0 Å². The molecule has 4 heteroatoms. The van der Waals surface area contributed by atoms with Crippen LogP contribution in [0.15, 0.2) is 478 Å². The van der Waals surface area contributed by atoms with Gasteiger partial charge >= 0.3 is 0 Å². The zero-order valence-corrected chi connectivity index (χ0v) is 73.6. The number of aryl methyl sites for hydroxylation is 4. The summed E-state index contributed by atoms with van der Waals surface area (Å²) in [6.07, 6.45) is 0. The number of rotatable bonds is 16. The Morgan fingerprint density at radius 2 is 0.500 bits per heavy atom. The Morgan fingerprint density at radius 3 is 0.954 bits per heavy atom. The highest BCUT2D eigenvalue weighted by molar-refractivity contribution is 7.25. The van der Waals surface area contributed by atoms with E-state index in [4.69, 9.17) is 4.42 Å². The van der Waals surface area contributed by atoms with Gasteiger partial charge in [-0.2, -0.15) is 0 Å². The predicted octanol–water partition coefficient (Wildman–Crippen LogP) is 34.5. The topological polar surface area (TPSA) is 19.6 Å². The van der Waals surface area contributed by atoms with Crippen molar-refractivity contribution in [2.75, 3.05) is 9.80 Å². The minimum atomic E-state index is -0.540. The molecule has 2 aromatic heterocycles. The normalized spacial score (nSPS) is 12.6. The van der Waals surface area contributed by atoms with Crippen molar-refractivity contribution < 1.29 is 4.42 Å². The zero-order valence-electron chi connectivity index (χ0n) is 72.7. The first-order chi connectivity index (χ1) is 64.0. The third-order valence-corrected chi connectivity index (χ3v) is 28.2. The number of fused-ring (bicyclic) bond motifs is 12. The van der Waals surface area contributed by atoms with Gasteiger partial charge in [0.05, 0.1) is 22.2 Å². The van der Waals surface area contributed by atoms with Crippen LogP contribution >= 0.6 is 11.3 Å². The second-order valence-corrected chi connectivity index (χ2v) is 35.9. The van der Waals surface area contributed by atoms with Gasteiger partial charge < -0.3 is 14.2 Å². The average molecular weight is 1680 g/mol. The summed E-state index contributed by atoms with van der Waals surface area (Å²) in [4.78, 5) is 4.92. The van der Waals surface area contributed by atoms with Crippen LogP contribution in [0.5, 0.6) is 0 Å². The molecule has 3 nitrogen and oxygen atoms in total. The first kappa shape index (κ1) is 78.7. The molecule has 0 radical (unpaired) electrons. The Kier molecular flexibility index (Phi) is 19.8. The maximum Gasteiger partial charge on any atom is 0.135 e. The van der Waals surface area contributed by atoms with Crippen LogP contribution in [0.4, 0.5) is 34.1 Å². The SMILES string of the molecule is Cc1ccc(C2(c3ccc(C)cc3)c3ccccc3-c3ccc(N(c4ccc(-c5ccc6oc7ccccc7c6c5)cc4)c4ccccc4-c4ccc(-c5ccccc5)cc4)cc32)cc1.Cc1ccc(C2(c3ccc(C)cc3)c3ccccc3-c3ccc(N(c4ccc(-c5ccc6sc7ccccc7c6c5)cc4)c4ccccc4-c4ccc(-c5ccccc5)cc4)cc32)cc1. The van der Waals surface area contributed by atoms with E-state index >= 15 is 0 Å². The van der Waals surface area contributed by atoms with Crippen molar-refractivity contribution in [1.82, 2.24) is 0 Å². The number of nitrogens with zero attached hydrogens (tertiary/aromatic N) is 2. The summed E-state index contributed by atoms with van der Waals surface area (Å²) in [7, 11) is 0. The van der Waals surface area contributed by atoms with Crippen molar-refractivity contribution >= 4 is 87.6 Å². The molecule has 2 heterocycles. The molecule has 0 N–H and O–H groups in total. The van der Waals surface area contributed by atoms with Crippen LogP contribution in [0.1, 0.15) is 66.8 Å². The summed E-state index contributed by atoms with van der Waals surface area (Å²) < 4.78 is 8.84. The third kappa shape index (κ3) is 13.7. The van der Waals surface area contributed by atoms with Gasteiger partial charge in [-0.3, -0.25) is 0 Å². The molecule has 0 atom stereocenters. The maximum atomic E-state index is 6.20. The first-order valence-corrected chi connectivity index (χ1v) is 45.8. The van der Waals surface area contributed by atoms with Crippen LogP contribution in [0.25, 0.3) is 131 Å². The molecule has 130 heavy (non-hydrogen) atoms. The Hall–Kier alpha value is -16.0. The van der Waals surface area contributed by atoms with Crippen LogP contribution in [-0.4, -0.2) is 0 Å². The summed E-state index contributed by atoms with van der Waals surface area (Å²) in [6, 6.07) is 175. The Morgan fingerprint density at radius 1 is 0.192 bits per heavy atom. The number of hydrogen-bond acceptors (Lipinski definition) is 4. The summed E-state index contributed by atoms with van der Waals surface area (Å²) in [5.41, 5.74) is 41.8. The molecule has 0 saturated heterocycles. The number of anilines is 6. The molecule has 0 saturated carbocycles. The van der Waals surface area contributed by atoms with Gasteiger partial charge in [0.15, 0.2) is 0 Å². The molecule has 2 aliphatic rings. The smallest absolute Gasteiger partial charge is 0.135 e. The predicted molar refractivity (Wildman–Crippen MR) is 549 cm³/mol. The summed E-state index contributed by atoms with van der Waals surface area (Å²) in [5.74, 6) is 0. The molecular weight excluding hydrogens is 1590 g/mol. The monoisotopic (exact) mass is 1680 g/mol. The number of para-hydroxylation sites is 3. The van der Waals surface area contributed by atoms with E-state index < -0.39 is 10.8 Å². The Bertz CT molecular complexity index is 7440. The van der Waals surface area contributed by atoms with Crippen molar-refractivity contribution in [1.29, 1.82) is 0 Å². The summed E-state index contributed by atoms with van der Waals surface area (Å²) >= 11 is 1.86. The lowest BCUT2D eigenvalue weighted by Gasteiger charge is -2.35. The lowest BCUT2D eigenvalue weighted by Crippen LogP contribution is -2.29. The van der Waals surface area contributed by atoms with Crippen molar-refractivity contribution in [3.63, 3.8) is 0 Å². The van der Waals surface area contributed by atoms with Gasteiger partial charge in [0.2, 0.25) is 0 Å². The third-order valence-electron chi connectivity index (χ3n) is 27.1. The van der Waals surface area contributed by atoms with Crippen LogP contribution in [0.3, 0.4) is 0 Å². The van der Waals surface area contributed by atoms with Crippen molar-refractivity contribution in [2.45, 2.75) is 38.5 Å². The van der Waals surface area contributed by atoms with Crippen LogP contribution in [-0.2, 0) is 10.8 Å². The number of benzene rings is 20. The molecule has 0 bridgehead atoms. The van der Waals surface area contributed by atoms with E-state index in [0.29, 0.717) is 0 Å². The second-order valence-electron chi connectivity index (χ2n) is 34.8. The molecule has 616 valence electrons. The fourth-order valence-corrected chi connectivity index (χ4v) is 21.7. The lowest BCUT2D eigenvalue weighted by molar-refractivity contribution is 0.669. The molecule has 0 aliphatic heterocycles. The van der Waals surface area contributed by atoms with Crippen molar-refractivity contribution in [2.24, 2.45) is 0 Å². The van der Waals surface area contributed by atoms with Gasteiger partial charge in [-0.05, 0) is 247 Å². The van der Waals surface area contributed by atoms with E-state index in [9.17, 15) is 0 Å². The van der Waals surface area contributed by atoms with Crippen LogP contribution < -0.4 is 9.80 Å². The van der Waals surface area contributed by atoms with Gasteiger partial charge in [0.25, 0.3) is 0 Å². The van der Waals surface area contributed by atoms with E-state index in [1.54, 1.807) is 0 Å². The van der Waals surface area contributed by atoms with Crippen LogP contribution in [0.2, 0.25) is 0 Å². The molecular formula is C126H90N2OS. The zero-order chi connectivity index (χ0) is 87.0. The molecule has 0 fully saturated rings. The highest BCUT2D eigenvalue weighted by atomic mass is 32.1. The Balaban J connectivity index is 0.000000148. The summed E-state index contributed by atoms with van der Waals surface area (Å²) in [6.45, 7) is 8.69. The molecule has 20 aromatic carbocycles. The molecule has 22 aromatic rings. The Labute approximate surface area is 763 Å². The van der Waals surface area contributed by atoms with Gasteiger partial charge in [0, 0.05) is 64.8 Å². The number of hydrogen-bond donors (Lipinski definition) is 0. The fourth-order valence-electron chi connectivity index (χ4n) is 20.6. The molecule has 0 amide bonds. The van der Waals surface area contributed by atoms with E-state index in [1.807, 2.05) is 23.5 Å². The summed E-state index contributed by atoms with van der Waals surface area (Å²) in [5, 5.41) is 4.88. The molecule has 0 unspecified atom stereocenters. The fraction of sp³-hybridized carbons (Fsp3) is 0.0476. The van der Waals surface area contributed by atoms with Gasteiger partial charge in [-0.25, -0.2) is 0 Å². The van der Waals surface area contributed by atoms with Crippen molar-refractivity contribution in [3.8, 4) is 89.0 Å². The highest BCUT2D eigenvalue weighted by Crippen LogP contribution is 2.61. The van der Waals surface area contributed by atoms with Gasteiger partial charge in [-0.1, -0.05) is 398 Å². The highest BCUT2D eigenvalue weighted by Gasteiger charge is 2.48. The standard InChI is InChI=1S/C63H45NO.C63H45NS/c2*1-42-20-31-49(32-21-42)63(50-33-22-43(2)23-34-50)58-17-9-6-15-54(58)55-38-37-52(41-59(55)63)64(60-18-10-7-14-53(60)47-26-24-45(25-27-47)44-12-4-3-5-13-44)51-35-28-46(29-36-51)48-30-39-62-57(40-48)56-16-8-11-19-61(56)65-62/h2*3-41H,1-2H3. The molecule has 0 spiro atoms. The maximum absolute atomic E-state index is 6.20. The largest absolute Gasteiger partial charge is 0.456 e. The van der Waals surface area contributed by atoms with E-state index in [1.165, 1.54) is 148 Å². The van der Waals surface area contributed by atoms with Gasteiger partial charge in [-0.15, -0.1) is 11.3 Å². The first-order valence-electron chi connectivity index (χ1n) is 45.0. The minimum absolute atomic E-state index is 0.532. The quantitative estimate of drug-likeness (QED) is 0.0961. The van der Waals surface area contributed by atoms with Crippen LogP contribution in [0, 0.1) is 27.7 Å². The lowest BCUT2D eigenvalue weighted by atomic mass is 9.67. The van der Waals surface area contributed by atoms with Gasteiger partial charge in [0.1, 0.15) is 11.2 Å². The molecule has 24 rings (SSSR count). The second kappa shape index (κ2) is 32.8. The minimum Gasteiger partial charge on any atom is -0.456 e. The number of furan rings is 1. The van der Waals surface area contributed by atoms with E-state index in [0.717, 1.165) is 83.9 Å². The average Bonchev–Trinajstić information content (AvgIpc) is 1.54. The number of thiophene rings is 1. The van der Waals surface area contributed by atoms with E-state index in [2.05, 4.69) is 499 Å².